The molecule has 312 valence electrons. The summed E-state index contributed by atoms with van der Waals surface area (Å²) in [5.74, 6) is 0.0358. The minimum Gasteiger partial charge on any atom is -0.453 e. The van der Waals surface area contributed by atoms with Crippen LogP contribution in [0.15, 0.2) is 54.7 Å². The summed E-state index contributed by atoms with van der Waals surface area (Å²) >= 11 is 0. The number of hydrogen-bond donors (Lipinski definition) is 4. The van der Waals surface area contributed by atoms with E-state index >= 15 is 4.39 Å². The number of fused-ring (bicyclic) bond motifs is 3. The van der Waals surface area contributed by atoms with Crippen molar-refractivity contribution in [3.63, 3.8) is 0 Å². The second-order valence-electron chi connectivity index (χ2n) is 16.3. The summed E-state index contributed by atoms with van der Waals surface area (Å²) in [4.78, 5) is 71.6. The van der Waals surface area contributed by atoms with Crippen molar-refractivity contribution < 1.29 is 33.0 Å². The van der Waals surface area contributed by atoms with E-state index in [9.17, 15) is 19.2 Å². The number of halogens is 1. The van der Waals surface area contributed by atoms with E-state index in [4.69, 9.17) is 14.5 Å². The number of aryl methyl sites for hydroxylation is 2. The van der Waals surface area contributed by atoms with E-state index in [1.807, 2.05) is 50.8 Å². The predicted molar refractivity (Wildman–Crippen MR) is 219 cm³/mol. The third kappa shape index (κ3) is 8.19. The van der Waals surface area contributed by atoms with E-state index in [-0.39, 0.29) is 29.7 Å². The van der Waals surface area contributed by atoms with Crippen LogP contribution in [0.3, 0.4) is 0 Å². The molecule has 0 saturated carbocycles. The average molecular weight is 809 g/mol. The van der Waals surface area contributed by atoms with Gasteiger partial charge in [-0.1, -0.05) is 58.5 Å². The van der Waals surface area contributed by atoms with Crippen LogP contribution in [0.4, 0.5) is 14.0 Å². The number of aromatic amines is 2. The Morgan fingerprint density at radius 1 is 0.814 bits per heavy atom. The maximum absolute atomic E-state index is 16.0. The van der Waals surface area contributed by atoms with E-state index in [0.29, 0.717) is 36.6 Å². The molecule has 0 radical (unpaired) electrons. The van der Waals surface area contributed by atoms with Gasteiger partial charge in [-0.05, 0) is 84.8 Å². The van der Waals surface area contributed by atoms with Crippen LogP contribution in [0.5, 0.6) is 0 Å². The van der Waals surface area contributed by atoms with Gasteiger partial charge in [0.25, 0.3) is 0 Å². The molecule has 4 N–H and O–H groups in total. The number of piperidine rings is 1. The first-order valence-corrected chi connectivity index (χ1v) is 20.3. The van der Waals surface area contributed by atoms with Crippen molar-refractivity contribution in [3.05, 3.63) is 83.5 Å². The highest BCUT2D eigenvalue weighted by atomic mass is 19.1. The number of aromatic nitrogens is 4. The molecule has 4 aromatic rings. The highest BCUT2D eigenvalue weighted by molar-refractivity contribution is 5.87. The number of likely N-dealkylation sites (tertiary alicyclic amines) is 2. The highest BCUT2D eigenvalue weighted by Crippen LogP contribution is 2.40. The number of hydrogen-bond acceptors (Lipinski definition) is 8. The third-order valence-electron chi connectivity index (χ3n) is 11.8. The second kappa shape index (κ2) is 17.1. The molecule has 1 unspecified atom stereocenters. The quantitative estimate of drug-likeness (QED) is 0.124. The fourth-order valence-corrected chi connectivity index (χ4v) is 8.55. The number of methoxy groups -OCH3 is 2. The molecule has 4 atom stereocenters. The van der Waals surface area contributed by atoms with Crippen molar-refractivity contribution in [1.82, 2.24) is 40.4 Å². The Bertz CT molecular complexity index is 2260. The van der Waals surface area contributed by atoms with Gasteiger partial charge >= 0.3 is 12.2 Å². The number of ether oxygens (including phenoxy) is 2. The third-order valence-corrected chi connectivity index (χ3v) is 11.8. The molecule has 1 aliphatic carbocycles. The van der Waals surface area contributed by atoms with E-state index in [2.05, 4.69) is 38.2 Å². The van der Waals surface area contributed by atoms with Crippen LogP contribution in [0.1, 0.15) is 88.4 Å². The Hall–Kier alpha value is -5.99. The lowest BCUT2D eigenvalue weighted by Gasteiger charge is -2.37. The maximum atomic E-state index is 16.0. The minimum absolute atomic E-state index is 0.131. The number of H-pyrrole nitrogens is 2. The maximum Gasteiger partial charge on any atom is 0.407 e. The van der Waals surface area contributed by atoms with Crippen molar-refractivity contribution in [2.24, 2.45) is 11.8 Å². The molecule has 0 spiro atoms. The zero-order chi connectivity index (χ0) is 42.1. The van der Waals surface area contributed by atoms with Crippen LogP contribution in [0, 0.1) is 17.7 Å². The zero-order valence-corrected chi connectivity index (χ0v) is 34.5. The summed E-state index contributed by atoms with van der Waals surface area (Å²) in [6.07, 6.45) is 4.91. The first-order valence-electron chi connectivity index (χ1n) is 20.3. The fourth-order valence-electron chi connectivity index (χ4n) is 8.55. The second-order valence-corrected chi connectivity index (χ2v) is 16.3. The standard InChI is InChI=1S/C44H53FN8O6/c1-23(2)35(50-43(56)58-6)41(54)52-18-9-8-10-34(52)39-47-32-16-13-28-20-26(11-14-29(28)37(32)49-39)27-12-15-30(31(45)21-27)33-22-46-40(48-33)38-25(5)17-19-53(38)42(55)36(24(3)4)51-44(57)59-7/h11-12,14-15,20-24,34-36,38H,5,8-10,13,16-19H2,1-4,6-7H3,(H,46,48)(H,47,49)(H,50,56)(H,51,57)/t34-,35?,36-,38-/m0/s1. The van der Waals surface area contributed by atoms with Gasteiger partial charge in [-0.2, -0.15) is 0 Å². The van der Waals surface area contributed by atoms with Crippen molar-refractivity contribution in [2.75, 3.05) is 27.3 Å². The van der Waals surface area contributed by atoms with Gasteiger partial charge < -0.3 is 39.9 Å². The lowest BCUT2D eigenvalue weighted by Crippen LogP contribution is -2.53. The SMILES string of the molecule is C=C1CCN(C(=O)[C@@H](NC(=O)OC)C(C)C)[C@@H]1c1ncc(-c2ccc(-c3ccc4c(c3)CCc3[nH]c([C@@H]5CCCCN5C(=O)C(NC(=O)OC)C(C)C)nc3-4)cc2F)[nH]1. The van der Waals surface area contributed by atoms with Crippen molar-refractivity contribution >= 4 is 24.0 Å². The fraction of sp³-hybridized carbons (Fsp3) is 0.455. The Labute approximate surface area is 343 Å². The monoisotopic (exact) mass is 808 g/mol. The lowest BCUT2D eigenvalue weighted by molar-refractivity contribution is -0.138. The summed E-state index contributed by atoms with van der Waals surface area (Å²) in [5.41, 5.74) is 7.17. The number of nitrogens with one attached hydrogen (secondary N) is 4. The molecule has 2 saturated heterocycles. The van der Waals surface area contributed by atoms with E-state index in [1.165, 1.54) is 20.3 Å². The Balaban J connectivity index is 1.09. The normalized spacial score (nSPS) is 18.6. The van der Waals surface area contributed by atoms with Crippen LogP contribution in [0.2, 0.25) is 0 Å². The molecule has 4 amide bonds. The first kappa shape index (κ1) is 41.2. The Kier molecular flexibility index (Phi) is 11.9. The number of rotatable bonds is 10. The molecule has 2 aromatic heterocycles. The smallest absolute Gasteiger partial charge is 0.407 e. The van der Waals surface area contributed by atoms with Gasteiger partial charge in [0.05, 0.1) is 37.8 Å². The van der Waals surface area contributed by atoms with Gasteiger partial charge in [0.1, 0.15) is 35.6 Å². The molecule has 2 fully saturated rings. The van der Waals surface area contributed by atoms with Crippen LogP contribution >= 0.6 is 0 Å². The molecule has 59 heavy (non-hydrogen) atoms. The molecule has 3 aliphatic rings. The number of carbonyl (C=O) groups excluding carboxylic acids is 4. The van der Waals surface area contributed by atoms with Crippen molar-refractivity contribution in [1.29, 1.82) is 0 Å². The highest BCUT2D eigenvalue weighted by Gasteiger charge is 2.40. The Morgan fingerprint density at radius 2 is 1.46 bits per heavy atom. The number of benzene rings is 2. The van der Waals surface area contributed by atoms with Crippen LogP contribution in [-0.4, -0.2) is 93.1 Å². The molecule has 4 heterocycles. The molecule has 2 aliphatic heterocycles. The number of imidazole rings is 2. The Morgan fingerprint density at radius 3 is 2.10 bits per heavy atom. The lowest BCUT2D eigenvalue weighted by atomic mass is 9.89. The minimum atomic E-state index is -0.802. The molecular weight excluding hydrogens is 756 g/mol. The topological polar surface area (TPSA) is 175 Å². The zero-order valence-electron chi connectivity index (χ0n) is 34.5. The van der Waals surface area contributed by atoms with E-state index in [1.54, 1.807) is 17.2 Å². The summed E-state index contributed by atoms with van der Waals surface area (Å²) < 4.78 is 25.5. The van der Waals surface area contributed by atoms with Crippen molar-refractivity contribution in [3.8, 4) is 33.6 Å². The van der Waals surface area contributed by atoms with Gasteiger partial charge in [-0.25, -0.2) is 23.9 Å². The summed E-state index contributed by atoms with van der Waals surface area (Å²) in [6, 6.07) is 8.90. The van der Waals surface area contributed by atoms with E-state index < -0.39 is 36.1 Å². The molecule has 15 heteroatoms. The van der Waals surface area contributed by atoms with Gasteiger partial charge in [0.2, 0.25) is 11.8 Å². The average Bonchev–Trinajstić information content (AvgIpc) is 3.99. The largest absolute Gasteiger partial charge is 0.453 e. The number of carbonyl (C=O) groups is 4. The number of nitrogens with zero attached hydrogens (tertiary/aromatic N) is 4. The molecule has 2 aromatic carbocycles. The number of amides is 4. The van der Waals surface area contributed by atoms with Crippen molar-refractivity contribution in [2.45, 2.75) is 90.4 Å². The molecule has 14 nitrogen and oxygen atoms in total. The summed E-state index contributed by atoms with van der Waals surface area (Å²) in [6.45, 7) is 12.7. The summed E-state index contributed by atoms with van der Waals surface area (Å²) in [7, 11) is 2.54. The van der Waals surface area contributed by atoms with Crippen LogP contribution < -0.4 is 10.6 Å². The molecule has 0 bridgehead atoms. The van der Waals surface area contributed by atoms with Crippen LogP contribution in [-0.2, 0) is 31.9 Å². The predicted octanol–water partition coefficient (Wildman–Crippen LogP) is 7.02. The van der Waals surface area contributed by atoms with Gasteiger partial charge in [-0.3, -0.25) is 9.59 Å². The molecule has 7 rings (SSSR count). The first-order chi connectivity index (χ1) is 28.3. The van der Waals surface area contributed by atoms with Gasteiger partial charge in [-0.15, -0.1) is 0 Å². The van der Waals surface area contributed by atoms with E-state index in [0.717, 1.165) is 77.1 Å². The number of alkyl carbamates (subject to hydrolysis) is 2. The van der Waals surface area contributed by atoms with Crippen LogP contribution in [0.25, 0.3) is 33.6 Å². The summed E-state index contributed by atoms with van der Waals surface area (Å²) in [5, 5.41) is 5.37. The van der Waals surface area contributed by atoms with Gasteiger partial charge in [0, 0.05) is 29.9 Å². The molecular formula is C44H53FN8O6. The van der Waals surface area contributed by atoms with Gasteiger partial charge in [0.15, 0.2) is 0 Å².